The van der Waals surface area contributed by atoms with E-state index in [1.165, 1.54) is 12.8 Å². The molecular formula is C29H28N2O2. The maximum Gasteiger partial charge on any atom is 0.259 e. The van der Waals surface area contributed by atoms with Crippen LogP contribution in [0.1, 0.15) is 29.5 Å². The van der Waals surface area contributed by atoms with Gasteiger partial charge >= 0.3 is 0 Å². The maximum absolute atomic E-state index is 13.5. The number of amides is 1. The lowest BCUT2D eigenvalue weighted by Gasteiger charge is -2.23. The molecule has 4 nitrogen and oxygen atoms in total. The fourth-order valence-corrected chi connectivity index (χ4v) is 4.76. The second-order valence-corrected chi connectivity index (χ2v) is 8.49. The number of hydrogen-bond donors (Lipinski definition) is 0. The molecule has 0 aromatic heterocycles. The molecule has 3 aromatic carbocycles. The summed E-state index contributed by atoms with van der Waals surface area (Å²) in [5.41, 5.74) is 6.94. The largest absolute Gasteiger partial charge is 0.497 e. The summed E-state index contributed by atoms with van der Waals surface area (Å²) in [6, 6.07) is 26.5. The van der Waals surface area contributed by atoms with Crippen LogP contribution in [0.2, 0.25) is 0 Å². The van der Waals surface area contributed by atoms with Crippen LogP contribution in [0.3, 0.4) is 0 Å². The number of likely N-dealkylation sites (N-methyl/N-ethyl adjacent to an activating group) is 1. The molecule has 0 atom stereocenters. The van der Waals surface area contributed by atoms with Gasteiger partial charge in [0.05, 0.1) is 18.4 Å². The number of ether oxygens (including phenoxy) is 1. The first-order chi connectivity index (χ1) is 16.2. The lowest BCUT2D eigenvalue weighted by Crippen LogP contribution is -2.21. The van der Waals surface area contributed by atoms with Crippen molar-refractivity contribution >= 4 is 28.4 Å². The van der Waals surface area contributed by atoms with Gasteiger partial charge in [-0.2, -0.15) is 0 Å². The molecule has 4 heteroatoms. The Morgan fingerprint density at radius 1 is 0.848 bits per heavy atom. The third kappa shape index (κ3) is 3.93. The third-order valence-electron chi connectivity index (χ3n) is 6.52. The van der Waals surface area contributed by atoms with Crippen molar-refractivity contribution in [2.75, 3.05) is 32.1 Å². The standard InChI is InChI=1S/C29H28N2O2/c1-30-26-13-7-6-12-24(26)28(29(30)32)25(21-10-4-3-5-11-21)20-27(31-18-8-9-19-31)22-14-16-23(33-2)17-15-22/h3-7,10-17,20H,8-9,18-19H2,1-2H3/b27-20+,28-25-. The molecule has 1 fully saturated rings. The number of carbonyl (C=O) groups is 1. The van der Waals surface area contributed by atoms with Gasteiger partial charge in [0.15, 0.2) is 0 Å². The van der Waals surface area contributed by atoms with E-state index in [4.69, 9.17) is 4.74 Å². The Kier molecular flexibility index (Phi) is 5.74. The molecule has 0 radical (unpaired) electrons. The Labute approximate surface area is 195 Å². The number of methoxy groups -OCH3 is 1. The number of fused-ring (bicyclic) bond motifs is 1. The molecule has 2 aliphatic rings. The number of rotatable bonds is 5. The summed E-state index contributed by atoms with van der Waals surface area (Å²) in [5, 5.41) is 0. The van der Waals surface area contributed by atoms with Crippen molar-refractivity contribution < 1.29 is 9.53 Å². The third-order valence-corrected chi connectivity index (χ3v) is 6.52. The molecule has 166 valence electrons. The second kappa shape index (κ2) is 8.99. The first-order valence-electron chi connectivity index (χ1n) is 11.5. The quantitative estimate of drug-likeness (QED) is 0.480. The van der Waals surface area contributed by atoms with E-state index in [-0.39, 0.29) is 5.91 Å². The number of hydrogen-bond acceptors (Lipinski definition) is 3. The average Bonchev–Trinajstić information content (AvgIpc) is 3.49. The summed E-state index contributed by atoms with van der Waals surface area (Å²) >= 11 is 0. The summed E-state index contributed by atoms with van der Waals surface area (Å²) < 4.78 is 5.38. The molecule has 0 saturated carbocycles. The molecule has 1 saturated heterocycles. The number of nitrogens with zero attached hydrogens (tertiary/aromatic N) is 2. The topological polar surface area (TPSA) is 32.8 Å². The van der Waals surface area contributed by atoms with Crippen LogP contribution in [0.5, 0.6) is 5.75 Å². The molecular weight excluding hydrogens is 408 g/mol. The molecule has 0 unspecified atom stereocenters. The predicted octanol–water partition coefficient (Wildman–Crippen LogP) is 5.72. The van der Waals surface area contributed by atoms with E-state index in [1.807, 2.05) is 61.6 Å². The van der Waals surface area contributed by atoms with E-state index in [9.17, 15) is 4.79 Å². The van der Waals surface area contributed by atoms with Crippen molar-refractivity contribution in [1.29, 1.82) is 0 Å². The van der Waals surface area contributed by atoms with E-state index >= 15 is 0 Å². The molecule has 2 heterocycles. The van der Waals surface area contributed by atoms with E-state index < -0.39 is 0 Å². The normalized spacial score (nSPS) is 17.4. The SMILES string of the molecule is COc1ccc(/C(=C\C(=C2\C(=O)N(C)c3ccccc32)c2ccccc2)N2CCCC2)cc1. The minimum atomic E-state index is 0.0294. The second-order valence-electron chi connectivity index (χ2n) is 8.49. The van der Waals surface area contributed by atoms with Crippen LogP contribution in [0.4, 0.5) is 5.69 Å². The van der Waals surface area contributed by atoms with Crippen LogP contribution < -0.4 is 9.64 Å². The van der Waals surface area contributed by atoms with E-state index in [1.54, 1.807) is 12.0 Å². The molecule has 0 spiro atoms. The van der Waals surface area contributed by atoms with Crippen molar-refractivity contribution in [2.24, 2.45) is 0 Å². The number of benzene rings is 3. The lowest BCUT2D eigenvalue weighted by molar-refractivity contribution is -0.112. The van der Waals surface area contributed by atoms with Crippen LogP contribution in [-0.4, -0.2) is 38.1 Å². The Balaban J connectivity index is 1.76. The number of para-hydroxylation sites is 1. The van der Waals surface area contributed by atoms with Gasteiger partial charge < -0.3 is 14.5 Å². The maximum atomic E-state index is 13.5. The lowest BCUT2D eigenvalue weighted by atomic mass is 9.93. The Hall–Kier alpha value is -3.79. The number of carbonyl (C=O) groups excluding carboxylic acids is 1. The van der Waals surface area contributed by atoms with E-state index in [0.29, 0.717) is 0 Å². The fourth-order valence-electron chi connectivity index (χ4n) is 4.76. The highest BCUT2D eigenvalue weighted by atomic mass is 16.5. The monoisotopic (exact) mass is 436 g/mol. The average molecular weight is 437 g/mol. The van der Waals surface area contributed by atoms with Crippen molar-refractivity contribution in [1.82, 2.24) is 4.90 Å². The summed E-state index contributed by atoms with van der Waals surface area (Å²) in [6.45, 7) is 2.03. The van der Waals surface area contributed by atoms with Gasteiger partial charge in [-0.15, -0.1) is 0 Å². The molecule has 0 bridgehead atoms. The van der Waals surface area contributed by atoms with Gasteiger partial charge in [-0.25, -0.2) is 0 Å². The van der Waals surface area contributed by atoms with Crippen LogP contribution in [0.15, 0.2) is 84.9 Å². The van der Waals surface area contributed by atoms with E-state index in [2.05, 4.69) is 35.2 Å². The zero-order valence-corrected chi connectivity index (χ0v) is 19.1. The highest BCUT2D eigenvalue weighted by Crippen LogP contribution is 2.41. The minimum Gasteiger partial charge on any atom is -0.497 e. The Bertz CT molecular complexity index is 1220. The van der Waals surface area contributed by atoms with Gasteiger partial charge in [-0.3, -0.25) is 4.79 Å². The fraction of sp³-hybridized carbons (Fsp3) is 0.207. The van der Waals surface area contributed by atoms with Crippen molar-refractivity contribution in [3.63, 3.8) is 0 Å². The highest BCUT2D eigenvalue weighted by molar-refractivity contribution is 6.38. The minimum absolute atomic E-state index is 0.0294. The number of anilines is 1. The smallest absolute Gasteiger partial charge is 0.259 e. The van der Waals surface area contributed by atoms with Gasteiger partial charge in [0.2, 0.25) is 0 Å². The van der Waals surface area contributed by atoms with Gasteiger partial charge in [0.25, 0.3) is 5.91 Å². The highest BCUT2D eigenvalue weighted by Gasteiger charge is 2.32. The van der Waals surface area contributed by atoms with Crippen LogP contribution in [-0.2, 0) is 4.79 Å². The molecule has 1 amide bonds. The van der Waals surface area contributed by atoms with Crippen molar-refractivity contribution in [3.8, 4) is 5.75 Å². The zero-order chi connectivity index (χ0) is 22.8. The molecule has 33 heavy (non-hydrogen) atoms. The van der Waals surface area contributed by atoms with Gasteiger partial charge in [0.1, 0.15) is 5.75 Å². The van der Waals surface area contributed by atoms with Crippen molar-refractivity contribution in [3.05, 3.63) is 102 Å². The van der Waals surface area contributed by atoms with Crippen molar-refractivity contribution in [2.45, 2.75) is 12.8 Å². The zero-order valence-electron chi connectivity index (χ0n) is 19.1. The first-order valence-corrected chi connectivity index (χ1v) is 11.5. The Morgan fingerprint density at radius 2 is 1.52 bits per heavy atom. The van der Waals surface area contributed by atoms with E-state index in [0.717, 1.165) is 58.1 Å². The summed E-state index contributed by atoms with van der Waals surface area (Å²) in [5.74, 6) is 0.865. The molecule has 2 aliphatic heterocycles. The van der Waals surface area contributed by atoms with Gasteiger partial charge in [-0.1, -0.05) is 48.5 Å². The summed E-state index contributed by atoms with van der Waals surface area (Å²) in [4.78, 5) is 17.7. The summed E-state index contributed by atoms with van der Waals surface area (Å²) in [7, 11) is 3.54. The Morgan fingerprint density at radius 3 is 2.21 bits per heavy atom. The van der Waals surface area contributed by atoms with Gasteiger partial charge in [-0.05, 0) is 65.9 Å². The van der Waals surface area contributed by atoms with Gasteiger partial charge in [0, 0.05) is 31.4 Å². The predicted molar refractivity (Wildman–Crippen MR) is 135 cm³/mol. The van der Waals surface area contributed by atoms with Crippen LogP contribution in [0, 0.1) is 0 Å². The molecule has 3 aromatic rings. The molecule has 0 aliphatic carbocycles. The number of allylic oxidation sites excluding steroid dienone is 2. The van der Waals surface area contributed by atoms with Crippen LogP contribution >= 0.6 is 0 Å². The first kappa shape index (κ1) is 21.1. The number of likely N-dealkylation sites (tertiary alicyclic amines) is 1. The molecule has 5 rings (SSSR count). The molecule has 0 N–H and O–H groups in total. The van der Waals surface area contributed by atoms with Crippen LogP contribution in [0.25, 0.3) is 16.8 Å². The summed E-state index contributed by atoms with van der Waals surface area (Å²) in [6.07, 6.45) is 4.57.